The van der Waals surface area contributed by atoms with Crippen LogP contribution < -0.4 is 0 Å². The molecule has 0 amide bonds. The molecule has 0 aliphatic rings. The van der Waals surface area contributed by atoms with E-state index in [1.54, 1.807) is 0 Å². The van der Waals surface area contributed by atoms with E-state index in [1.807, 2.05) is 42.5 Å². The van der Waals surface area contributed by atoms with Gasteiger partial charge in [-0.05, 0) is 56.6 Å². The first-order valence-corrected chi connectivity index (χ1v) is 12.2. The Morgan fingerprint density at radius 2 is 1.24 bits per heavy atom. The highest BCUT2D eigenvalue weighted by molar-refractivity contribution is 6.23. The Balaban J connectivity index is 1.37. The zero-order valence-corrected chi connectivity index (χ0v) is 19.7. The van der Waals surface area contributed by atoms with Gasteiger partial charge in [-0.2, -0.15) is 0 Å². The molecule has 0 aliphatic heterocycles. The Morgan fingerprint density at radius 1 is 0.541 bits per heavy atom. The van der Waals surface area contributed by atoms with Crippen molar-refractivity contribution < 1.29 is 6.85 Å². The van der Waals surface area contributed by atoms with Crippen LogP contribution in [-0.4, -0.2) is 9.38 Å². The molecule has 172 valence electrons. The average molecular weight is 476 g/mol. The van der Waals surface area contributed by atoms with Gasteiger partial charge in [0.1, 0.15) is 5.65 Å². The van der Waals surface area contributed by atoms with Gasteiger partial charge in [0.2, 0.25) is 0 Å². The number of hydrogen-bond acceptors (Lipinski definition) is 1. The molecule has 2 aromatic heterocycles. The van der Waals surface area contributed by atoms with Gasteiger partial charge < -0.3 is 0 Å². The van der Waals surface area contributed by atoms with Crippen LogP contribution in [0.2, 0.25) is 0 Å². The van der Waals surface area contributed by atoms with E-state index in [1.165, 1.54) is 10.8 Å². The lowest BCUT2D eigenvalue weighted by Crippen LogP contribution is -1.93. The SMILES string of the molecule is [2H]c1c([2H])c([2H])c(-c2ccc(-c3ccc4c5ccc6ccccc6c5c5nc6ccccc6n5c4c3)cc2)c([2H])c1[2H]. The predicted octanol–water partition coefficient (Wildman–Crippen LogP) is 9.28. The van der Waals surface area contributed by atoms with Crippen LogP contribution in [0.3, 0.4) is 0 Å². The molecule has 0 fully saturated rings. The van der Waals surface area contributed by atoms with Gasteiger partial charge in [0.15, 0.2) is 0 Å². The number of rotatable bonds is 2. The van der Waals surface area contributed by atoms with Crippen LogP contribution in [-0.2, 0) is 0 Å². The third-order valence-corrected chi connectivity index (χ3v) is 7.25. The molecule has 37 heavy (non-hydrogen) atoms. The van der Waals surface area contributed by atoms with Gasteiger partial charge in [0.05, 0.1) is 23.4 Å². The summed E-state index contributed by atoms with van der Waals surface area (Å²) in [4.78, 5) is 5.11. The van der Waals surface area contributed by atoms with Crippen molar-refractivity contribution in [3.8, 4) is 22.3 Å². The van der Waals surface area contributed by atoms with Crippen molar-refractivity contribution in [3.63, 3.8) is 0 Å². The number of aromatic nitrogens is 2. The molecule has 2 heteroatoms. The summed E-state index contributed by atoms with van der Waals surface area (Å²) >= 11 is 0. The number of benzene rings is 6. The minimum atomic E-state index is -0.389. The molecular formula is C35H22N2. The fourth-order valence-corrected chi connectivity index (χ4v) is 5.52. The molecule has 0 bridgehead atoms. The molecule has 0 spiro atoms. The lowest BCUT2D eigenvalue weighted by Gasteiger charge is -2.13. The number of fused-ring (bicyclic) bond motifs is 10. The van der Waals surface area contributed by atoms with Gasteiger partial charge in [-0.3, -0.25) is 4.40 Å². The number of hydrogen-bond donors (Lipinski definition) is 0. The van der Waals surface area contributed by atoms with E-state index in [0.717, 1.165) is 49.5 Å². The second kappa shape index (κ2) is 7.78. The van der Waals surface area contributed by atoms with Crippen molar-refractivity contribution in [1.82, 2.24) is 9.38 Å². The number of para-hydroxylation sites is 2. The Kier molecular flexibility index (Phi) is 3.35. The molecule has 0 saturated heterocycles. The summed E-state index contributed by atoms with van der Waals surface area (Å²) in [6.45, 7) is 0. The van der Waals surface area contributed by atoms with Crippen molar-refractivity contribution in [1.29, 1.82) is 0 Å². The molecule has 0 aliphatic carbocycles. The molecule has 0 unspecified atom stereocenters. The maximum Gasteiger partial charge on any atom is 0.147 e. The van der Waals surface area contributed by atoms with Crippen LogP contribution in [0.5, 0.6) is 0 Å². The molecule has 0 saturated carbocycles. The van der Waals surface area contributed by atoms with E-state index in [2.05, 4.69) is 65.1 Å². The van der Waals surface area contributed by atoms with Gasteiger partial charge in [-0.15, -0.1) is 0 Å². The first-order chi connectivity index (χ1) is 20.4. The average Bonchev–Trinajstić information content (AvgIpc) is 3.42. The molecule has 8 aromatic rings. The Hall–Kier alpha value is -4.95. The van der Waals surface area contributed by atoms with Crippen molar-refractivity contribution in [3.05, 3.63) is 133 Å². The van der Waals surface area contributed by atoms with E-state index in [4.69, 9.17) is 11.8 Å². The number of pyridine rings is 1. The minimum absolute atomic E-state index is 0.201. The number of imidazole rings is 1. The highest BCUT2D eigenvalue weighted by Crippen LogP contribution is 2.38. The topological polar surface area (TPSA) is 17.3 Å². The van der Waals surface area contributed by atoms with Gasteiger partial charge >= 0.3 is 0 Å². The smallest absolute Gasteiger partial charge is 0.147 e. The molecule has 2 heterocycles. The van der Waals surface area contributed by atoms with Crippen LogP contribution in [0.15, 0.2) is 133 Å². The Labute approximate surface area is 221 Å². The normalized spacial score (nSPS) is 13.7. The quantitative estimate of drug-likeness (QED) is 0.228. The maximum absolute atomic E-state index is 8.34. The molecule has 2 nitrogen and oxygen atoms in total. The van der Waals surface area contributed by atoms with Crippen molar-refractivity contribution >= 4 is 49.1 Å². The van der Waals surface area contributed by atoms with Crippen LogP contribution in [0.4, 0.5) is 0 Å². The summed E-state index contributed by atoms with van der Waals surface area (Å²) in [5.41, 5.74) is 6.71. The molecule has 6 aromatic carbocycles. The summed E-state index contributed by atoms with van der Waals surface area (Å²) in [5.74, 6) is 0. The van der Waals surface area contributed by atoms with Crippen molar-refractivity contribution in [2.24, 2.45) is 0 Å². The van der Waals surface area contributed by atoms with Crippen LogP contribution >= 0.6 is 0 Å². The summed E-state index contributed by atoms with van der Waals surface area (Å²) in [6.07, 6.45) is 0. The van der Waals surface area contributed by atoms with Gasteiger partial charge in [0, 0.05) is 10.8 Å². The minimum Gasteiger partial charge on any atom is -0.292 e. The van der Waals surface area contributed by atoms with E-state index >= 15 is 0 Å². The van der Waals surface area contributed by atoms with E-state index < -0.39 is 0 Å². The largest absolute Gasteiger partial charge is 0.292 e. The zero-order valence-electron chi connectivity index (χ0n) is 24.7. The lowest BCUT2D eigenvalue weighted by atomic mass is 9.96. The first-order valence-electron chi connectivity index (χ1n) is 14.7. The summed E-state index contributed by atoms with van der Waals surface area (Å²) in [6, 6.07) is 33.5. The maximum atomic E-state index is 8.34. The van der Waals surface area contributed by atoms with Crippen LogP contribution in [0, 0.1) is 0 Å². The van der Waals surface area contributed by atoms with Crippen molar-refractivity contribution in [2.75, 3.05) is 0 Å². The highest BCUT2D eigenvalue weighted by Gasteiger charge is 2.16. The molecule has 0 radical (unpaired) electrons. The second-order valence-corrected chi connectivity index (χ2v) is 9.28. The molecule has 0 N–H and O–H groups in total. The molecular weight excluding hydrogens is 448 g/mol. The van der Waals surface area contributed by atoms with Gasteiger partial charge in [-0.25, -0.2) is 4.98 Å². The van der Waals surface area contributed by atoms with E-state index in [-0.39, 0.29) is 35.8 Å². The lowest BCUT2D eigenvalue weighted by molar-refractivity contribution is 1.32. The van der Waals surface area contributed by atoms with Crippen molar-refractivity contribution in [2.45, 2.75) is 0 Å². The van der Waals surface area contributed by atoms with Crippen LogP contribution in [0.1, 0.15) is 6.85 Å². The fraction of sp³-hybridized carbons (Fsp3) is 0. The molecule has 8 rings (SSSR count). The van der Waals surface area contributed by atoms with E-state index in [0.29, 0.717) is 5.56 Å². The monoisotopic (exact) mass is 475 g/mol. The zero-order chi connectivity index (χ0) is 28.7. The standard InChI is InChI=1S/C35H22N2/c1-2-8-23(9-3-1)24-14-16-25(17-15-24)27-19-20-29-30-21-18-26-10-4-5-11-28(26)34(30)35-36-31-12-6-7-13-32(31)37(35)33(29)22-27/h1-22H/i1D,2D,3D,8D,9D. The summed E-state index contributed by atoms with van der Waals surface area (Å²) in [7, 11) is 0. The van der Waals surface area contributed by atoms with Crippen LogP contribution in [0.25, 0.3) is 71.4 Å². The highest BCUT2D eigenvalue weighted by atomic mass is 15.0. The summed E-state index contributed by atoms with van der Waals surface area (Å²) < 4.78 is 42.9. The third-order valence-electron chi connectivity index (χ3n) is 7.25. The second-order valence-electron chi connectivity index (χ2n) is 9.28. The predicted molar refractivity (Wildman–Crippen MR) is 156 cm³/mol. The molecule has 0 atom stereocenters. The van der Waals surface area contributed by atoms with E-state index in [9.17, 15) is 0 Å². The first kappa shape index (κ1) is 15.9. The van der Waals surface area contributed by atoms with Gasteiger partial charge in [0.25, 0.3) is 0 Å². The number of nitrogens with zero attached hydrogens (tertiary/aromatic N) is 2. The van der Waals surface area contributed by atoms with Gasteiger partial charge in [-0.1, -0.05) is 115 Å². The Bertz CT molecular complexity index is 2380. The summed E-state index contributed by atoms with van der Waals surface area (Å²) in [5, 5.41) is 5.76. The fourth-order valence-electron chi connectivity index (χ4n) is 5.52. The third kappa shape index (κ3) is 3.03. The Morgan fingerprint density at radius 3 is 2.11 bits per heavy atom.